The monoisotopic (exact) mass is 350 g/mol. The zero-order chi connectivity index (χ0) is 16.2. The number of hydrogen-bond donors (Lipinski definition) is 0. The third-order valence-corrected chi connectivity index (χ3v) is 3.59. The van der Waals surface area contributed by atoms with E-state index in [2.05, 4.69) is 20.1 Å². The lowest BCUT2D eigenvalue weighted by Gasteiger charge is -2.09. The zero-order valence-corrected chi connectivity index (χ0v) is 13.6. The highest BCUT2D eigenvalue weighted by Gasteiger charge is 2.17. The van der Waals surface area contributed by atoms with Crippen LogP contribution in [0.2, 0.25) is 10.3 Å². The molecule has 0 aromatic carbocycles. The summed E-state index contributed by atoms with van der Waals surface area (Å²) in [4.78, 5) is 12.3. The van der Waals surface area contributed by atoms with Crippen LogP contribution in [0.1, 0.15) is 30.3 Å². The van der Waals surface area contributed by atoms with Gasteiger partial charge in [0.25, 0.3) is 5.89 Å². The summed E-state index contributed by atoms with van der Waals surface area (Å²) in [6, 6.07) is 7.04. The lowest BCUT2D eigenvalue weighted by Crippen LogP contribution is -2.04. The Morgan fingerprint density at radius 2 is 2.09 bits per heavy atom. The van der Waals surface area contributed by atoms with Crippen LogP contribution in [-0.4, -0.2) is 20.1 Å². The van der Waals surface area contributed by atoms with Crippen molar-refractivity contribution in [2.75, 3.05) is 0 Å². The second-order valence-electron chi connectivity index (χ2n) is 4.76. The first-order chi connectivity index (χ1) is 11.1. The Hall–Kier alpha value is -2.18. The van der Waals surface area contributed by atoms with Crippen LogP contribution in [-0.2, 0) is 6.42 Å². The van der Waals surface area contributed by atoms with Crippen molar-refractivity contribution in [3.63, 3.8) is 0 Å². The van der Waals surface area contributed by atoms with Crippen molar-refractivity contribution >= 4 is 23.2 Å². The van der Waals surface area contributed by atoms with Gasteiger partial charge in [-0.3, -0.25) is 0 Å². The molecule has 3 heterocycles. The second-order valence-corrected chi connectivity index (χ2v) is 5.50. The first kappa shape index (κ1) is 15.7. The quantitative estimate of drug-likeness (QED) is 0.649. The van der Waals surface area contributed by atoms with Crippen LogP contribution in [0.25, 0.3) is 0 Å². The predicted molar refractivity (Wildman–Crippen MR) is 84.6 cm³/mol. The lowest BCUT2D eigenvalue weighted by atomic mass is 10.2. The highest BCUT2D eigenvalue weighted by molar-refractivity contribution is 6.30. The molecule has 8 heteroatoms. The van der Waals surface area contributed by atoms with Crippen LogP contribution in [0.15, 0.2) is 41.2 Å². The van der Waals surface area contributed by atoms with E-state index in [-0.39, 0.29) is 0 Å². The van der Waals surface area contributed by atoms with Gasteiger partial charge in [0.05, 0.1) is 6.20 Å². The Morgan fingerprint density at radius 1 is 1.22 bits per heavy atom. The van der Waals surface area contributed by atoms with Gasteiger partial charge in [0.1, 0.15) is 16.1 Å². The standard InChI is InChI=1S/C15H12Cl2N4O2/c1-9(22-11-4-5-12(16)19-8-11)15-20-13(21-23-15)7-10-3-2-6-18-14(10)17/h2-6,8-9H,7H2,1H3/t9-/m0/s1. The normalized spacial score (nSPS) is 12.1. The van der Waals surface area contributed by atoms with Crippen LogP contribution in [0, 0.1) is 0 Å². The van der Waals surface area contributed by atoms with Crippen LogP contribution in [0.5, 0.6) is 5.75 Å². The molecule has 0 saturated heterocycles. The summed E-state index contributed by atoms with van der Waals surface area (Å²) in [5.41, 5.74) is 0.831. The van der Waals surface area contributed by atoms with E-state index in [0.29, 0.717) is 34.2 Å². The molecule has 118 valence electrons. The van der Waals surface area contributed by atoms with Crippen LogP contribution in [0.4, 0.5) is 0 Å². The summed E-state index contributed by atoms with van der Waals surface area (Å²) in [5.74, 6) is 1.45. The number of nitrogens with zero attached hydrogens (tertiary/aromatic N) is 4. The number of pyridine rings is 2. The van der Waals surface area contributed by atoms with Crippen molar-refractivity contribution < 1.29 is 9.26 Å². The van der Waals surface area contributed by atoms with Gasteiger partial charge in [0, 0.05) is 12.6 Å². The number of halogens is 2. The molecule has 23 heavy (non-hydrogen) atoms. The van der Waals surface area contributed by atoms with Gasteiger partial charge in [-0.1, -0.05) is 34.4 Å². The highest BCUT2D eigenvalue weighted by Crippen LogP contribution is 2.22. The van der Waals surface area contributed by atoms with Gasteiger partial charge in [-0.15, -0.1) is 0 Å². The Kier molecular flexibility index (Phi) is 4.73. The van der Waals surface area contributed by atoms with Gasteiger partial charge in [0.15, 0.2) is 11.9 Å². The van der Waals surface area contributed by atoms with E-state index in [9.17, 15) is 0 Å². The molecule has 0 N–H and O–H groups in total. The van der Waals surface area contributed by atoms with E-state index in [1.54, 1.807) is 18.3 Å². The summed E-state index contributed by atoms with van der Waals surface area (Å²) < 4.78 is 10.9. The minimum atomic E-state index is -0.413. The molecule has 0 unspecified atom stereocenters. The van der Waals surface area contributed by atoms with E-state index in [1.807, 2.05) is 19.1 Å². The molecule has 0 aliphatic heterocycles. The molecule has 3 rings (SSSR count). The molecule has 0 aliphatic carbocycles. The average molecular weight is 351 g/mol. The Balaban J connectivity index is 1.68. The van der Waals surface area contributed by atoms with Gasteiger partial charge < -0.3 is 9.26 Å². The molecule has 0 bridgehead atoms. The molecule has 0 amide bonds. The minimum Gasteiger partial charge on any atom is -0.479 e. The zero-order valence-electron chi connectivity index (χ0n) is 12.1. The molecular formula is C15H12Cl2N4O2. The van der Waals surface area contributed by atoms with E-state index < -0.39 is 6.10 Å². The summed E-state index contributed by atoms with van der Waals surface area (Å²) >= 11 is 11.8. The van der Waals surface area contributed by atoms with Crippen LogP contribution in [0.3, 0.4) is 0 Å². The van der Waals surface area contributed by atoms with Crippen LogP contribution < -0.4 is 4.74 Å². The molecule has 0 radical (unpaired) electrons. The van der Waals surface area contributed by atoms with Crippen molar-refractivity contribution in [3.8, 4) is 5.75 Å². The summed E-state index contributed by atoms with van der Waals surface area (Å²) in [6.07, 6.45) is 3.18. The van der Waals surface area contributed by atoms with Gasteiger partial charge in [-0.2, -0.15) is 4.98 Å². The SMILES string of the molecule is C[C@H](Oc1ccc(Cl)nc1)c1nc(Cc2cccnc2Cl)no1. The predicted octanol–water partition coefficient (Wildman–Crippen LogP) is 3.90. The molecule has 1 atom stereocenters. The third-order valence-electron chi connectivity index (χ3n) is 3.03. The largest absolute Gasteiger partial charge is 0.479 e. The molecule has 0 saturated carbocycles. The van der Waals surface area contributed by atoms with E-state index >= 15 is 0 Å². The Morgan fingerprint density at radius 3 is 2.83 bits per heavy atom. The molecule has 6 nitrogen and oxygen atoms in total. The molecule has 3 aromatic rings. The topological polar surface area (TPSA) is 73.9 Å². The van der Waals surface area contributed by atoms with Crippen molar-refractivity contribution in [1.29, 1.82) is 0 Å². The first-order valence-electron chi connectivity index (χ1n) is 6.82. The number of hydrogen-bond acceptors (Lipinski definition) is 6. The minimum absolute atomic E-state index is 0.370. The van der Waals surface area contributed by atoms with Gasteiger partial charge in [-0.05, 0) is 30.7 Å². The number of ether oxygens (including phenoxy) is 1. The van der Waals surface area contributed by atoms with E-state index in [0.717, 1.165) is 5.56 Å². The summed E-state index contributed by atoms with van der Waals surface area (Å²) in [5, 5.41) is 4.77. The maximum absolute atomic E-state index is 6.02. The van der Waals surface area contributed by atoms with Crippen molar-refractivity contribution in [1.82, 2.24) is 20.1 Å². The van der Waals surface area contributed by atoms with Crippen molar-refractivity contribution in [2.45, 2.75) is 19.4 Å². The third kappa shape index (κ3) is 3.97. The summed E-state index contributed by atoms with van der Waals surface area (Å²) in [6.45, 7) is 1.81. The van der Waals surface area contributed by atoms with Gasteiger partial charge in [0.2, 0.25) is 0 Å². The van der Waals surface area contributed by atoms with Gasteiger partial charge in [-0.25, -0.2) is 9.97 Å². The fourth-order valence-corrected chi connectivity index (χ4v) is 2.21. The Bertz CT molecular complexity index is 792. The van der Waals surface area contributed by atoms with E-state index in [1.165, 1.54) is 6.20 Å². The molecule has 0 aliphatic rings. The van der Waals surface area contributed by atoms with E-state index in [4.69, 9.17) is 32.5 Å². The molecule has 0 fully saturated rings. The molecule has 0 spiro atoms. The van der Waals surface area contributed by atoms with Crippen LogP contribution >= 0.6 is 23.2 Å². The Labute approximate surface area is 142 Å². The van der Waals surface area contributed by atoms with Gasteiger partial charge >= 0.3 is 0 Å². The maximum Gasteiger partial charge on any atom is 0.267 e. The average Bonchev–Trinajstić information content (AvgIpc) is 3.01. The first-order valence-corrected chi connectivity index (χ1v) is 7.57. The number of aromatic nitrogens is 4. The second kappa shape index (κ2) is 6.93. The van der Waals surface area contributed by atoms with Crippen molar-refractivity contribution in [3.05, 3.63) is 64.2 Å². The summed E-state index contributed by atoms with van der Waals surface area (Å²) in [7, 11) is 0. The smallest absolute Gasteiger partial charge is 0.267 e. The maximum atomic E-state index is 6.02. The number of rotatable bonds is 5. The fourth-order valence-electron chi connectivity index (χ4n) is 1.91. The molecule has 3 aromatic heterocycles. The highest BCUT2D eigenvalue weighted by atomic mass is 35.5. The fraction of sp³-hybridized carbons (Fsp3) is 0.200. The lowest BCUT2D eigenvalue weighted by molar-refractivity contribution is 0.175. The molecular weight excluding hydrogens is 339 g/mol. The van der Waals surface area contributed by atoms with Crippen molar-refractivity contribution in [2.24, 2.45) is 0 Å².